The molecule has 1 heterocycles. The Morgan fingerprint density at radius 2 is 1.83 bits per heavy atom. The number of hydrogen-bond acceptors (Lipinski definition) is 3. The van der Waals surface area contributed by atoms with Crippen molar-refractivity contribution in [2.24, 2.45) is 0 Å². The van der Waals surface area contributed by atoms with E-state index in [0.717, 1.165) is 5.69 Å². The fourth-order valence-electron chi connectivity index (χ4n) is 1.97. The second-order valence-electron chi connectivity index (χ2n) is 4.01. The molecule has 1 nitrogen and oxygen atoms in total. The zero-order valence-corrected chi connectivity index (χ0v) is 11.6. The van der Waals surface area contributed by atoms with Crippen molar-refractivity contribution >= 4 is 45.2 Å². The number of nitrogens with one attached hydrogen (secondary N) is 1. The minimum Gasteiger partial charge on any atom is -0.354 e. The molecule has 0 amide bonds. The quantitative estimate of drug-likeness (QED) is 0.643. The average Bonchev–Trinajstić information content (AvgIpc) is 2.86. The molecule has 18 heavy (non-hydrogen) atoms. The first kappa shape index (κ1) is 11.6. The minimum atomic E-state index is 1.14. The van der Waals surface area contributed by atoms with Crippen LogP contribution in [0, 0.1) is 0 Å². The summed E-state index contributed by atoms with van der Waals surface area (Å²) in [5, 5.41) is 8.15. The summed E-state index contributed by atoms with van der Waals surface area (Å²) in [5.41, 5.74) is 2.34. The van der Waals surface area contributed by atoms with Crippen molar-refractivity contribution in [3.8, 4) is 0 Å². The van der Waals surface area contributed by atoms with Gasteiger partial charge >= 0.3 is 0 Å². The normalized spacial score (nSPS) is 10.7. The van der Waals surface area contributed by atoms with Crippen molar-refractivity contribution in [1.82, 2.24) is 0 Å². The predicted molar refractivity (Wildman–Crippen MR) is 83.3 cm³/mol. The number of fused-ring (bicyclic) bond motifs is 1. The number of benzene rings is 2. The van der Waals surface area contributed by atoms with Gasteiger partial charge in [0.25, 0.3) is 0 Å². The number of thiophene rings is 1. The van der Waals surface area contributed by atoms with Gasteiger partial charge < -0.3 is 5.32 Å². The van der Waals surface area contributed by atoms with Crippen LogP contribution in [0.3, 0.4) is 0 Å². The highest BCUT2D eigenvalue weighted by atomic mass is 32.2. The van der Waals surface area contributed by atoms with Crippen LogP contribution in [-0.4, -0.2) is 6.26 Å². The summed E-state index contributed by atoms with van der Waals surface area (Å²) < 4.78 is 1.32. The molecule has 3 heteroatoms. The maximum absolute atomic E-state index is 3.49. The molecule has 1 aromatic heterocycles. The lowest BCUT2D eigenvalue weighted by molar-refractivity contribution is 1.55. The molecule has 0 aliphatic rings. The van der Waals surface area contributed by atoms with E-state index in [1.54, 1.807) is 23.1 Å². The molecule has 0 unspecified atom stereocenters. The molecule has 0 aliphatic heterocycles. The average molecular weight is 271 g/mol. The summed E-state index contributed by atoms with van der Waals surface area (Å²) in [6, 6.07) is 17.0. The van der Waals surface area contributed by atoms with Gasteiger partial charge in [-0.25, -0.2) is 0 Å². The van der Waals surface area contributed by atoms with Crippen LogP contribution in [0.1, 0.15) is 0 Å². The molecule has 0 fully saturated rings. The summed E-state index contributed by atoms with van der Waals surface area (Å²) in [4.78, 5) is 0. The topological polar surface area (TPSA) is 12.0 Å². The van der Waals surface area contributed by atoms with Crippen LogP contribution in [-0.2, 0) is 0 Å². The molecule has 0 saturated carbocycles. The number of rotatable bonds is 3. The zero-order valence-electron chi connectivity index (χ0n) is 10.0. The molecule has 1 N–H and O–H groups in total. The van der Waals surface area contributed by atoms with Crippen molar-refractivity contribution in [3.05, 3.63) is 53.9 Å². The van der Waals surface area contributed by atoms with Gasteiger partial charge in [-0.2, -0.15) is 0 Å². The Balaban J connectivity index is 1.95. The van der Waals surface area contributed by atoms with Crippen LogP contribution in [0.15, 0.2) is 58.1 Å². The van der Waals surface area contributed by atoms with Crippen LogP contribution < -0.4 is 5.32 Å². The van der Waals surface area contributed by atoms with Crippen molar-refractivity contribution < 1.29 is 0 Å². The summed E-state index contributed by atoms with van der Waals surface area (Å²) >= 11 is 3.55. The van der Waals surface area contributed by atoms with Gasteiger partial charge in [-0.3, -0.25) is 0 Å². The van der Waals surface area contributed by atoms with Crippen LogP contribution in [0.4, 0.5) is 11.4 Å². The van der Waals surface area contributed by atoms with Crippen molar-refractivity contribution in [2.45, 2.75) is 4.21 Å². The summed E-state index contributed by atoms with van der Waals surface area (Å²) in [7, 11) is 0. The van der Waals surface area contributed by atoms with E-state index in [0.29, 0.717) is 0 Å². The molecule has 0 spiro atoms. The molecule has 90 valence electrons. The van der Waals surface area contributed by atoms with Crippen LogP contribution in [0.5, 0.6) is 0 Å². The molecule has 0 atom stereocenters. The lowest BCUT2D eigenvalue weighted by atomic mass is 10.1. The number of anilines is 2. The van der Waals surface area contributed by atoms with Gasteiger partial charge in [0.2, 0.25) is 0 Å². The van der Waals surface area contributed by atoms with E-state index in [9.17, 15) is 0 Å². The third-order valence-corrected chi connectivity index (χ3v) is 4.93. The lowest BCUT2D eigenvalue weighted by Gasteiger charge is -2.07. The van der Waals surface area contributed by atoms with Crippen molar-refractivity contribution in [2.75, 3.05) is 11.6 Å². The molecule has 0 bridgehead atoms. The maximum atomic E-state index is 3.49. The molecule has 2 aromatic carbocycles. The Bertz CT molecular complexity index is 673. The van der Waals surface area contributed by atoms with E-state index in [2.05, 4.69) is 65.5 Å². The molecule has 3 rings (SSSR count). The third kappa shape index (κ3) is 2.24. The highest BCUT2D eigenvalue weighted by Crippen LogP contribution is 2.33. The molecule has 3 aromatic rings. The Hall–Kier alpha value is -1.45. The van der Waals surface area contributed by atoms with E-state index < -0.39 is 0 Å². The molecular formula is C15H13NS2. The van der Waals surface area contributed by atoms with E-state index in [-0.39, 0.29) is 0 Å². The van der Waals surface area contributed by atoms with Crippen LogP contribution in [0.2, 0.25) is 0 Å². The van der Waals surface area contributed by atoms with Crippen molar-refractivity contribution in [3.63, 3.8) is 0 Å². The van der Waals surface area contributed by atoms with E-state index >= 15 is 0 Å². The maximum Gasteiger partial charge on any atom is 0.0831 e. The first-order valence-corrected chi connectivity index (χ1v) is 7.84. The van der Waals surface area contributed by atoms with Gasteiger partial charge in [0.1, 0.15) is 0 Å². The first-order valence-electron chi connectivity index (χ1n) is 5.74. The minimum absolute atomic E-state index is 1.14. The van der Waals surface area contributed by atoms with Gasteiger partial charge in [-0.05, 0) is 40.6 Å². The van der Waals surface area contributed by atoms with E-state index in [4.69, 9.17) is 0 Å². The third-order valence-electron chi connectivity index (χ3n) is 2.84. The highest BCUT2D eigenvalue weighted by Gasteiger charge is 2.03. The summed E-state index contributed by atoms with van der Waals surface area (Å²) in [6.45, 7) is 0. The standard InChI is InChI=1S/C15H13NS2/c1-17-15-14(8-9-18-15)16-13-7-6-11-4-2-3-5-12(11)10-13/h2-10,16H,1H3. The zero-order chi connectivity index (χ0) is 12.4. The first-order chi connectivity index (χ1) is 8.86. The molecule has 0 aliphatic carbocycles. The smallest absolute Gasteiger partial charge is 0.0831 e. The number of thioether (sulfide) groups is 1. The van der Waals surface area contributed by atoms with Crippen LogP contribution in [0.25, 0.3) is 10.8 Å². The van der Waals surface area contributed by atoms with Gasteiger partial charge in [-0.1, -0.05) is 30.3 Å². The van der Waals surface area contributed by atoms with Crippen molar-refractivity contribution in [1.29, 1.82) is 0 Å². The van der Waals surface area contributed by atoms with Gasteiger partial charge in [0, 0.05) is 5.69 Å². The van der Waals surface area contributed by atoms with Gasteiger partial charge in [0.15, 0.2) is 0 Å². The van der Waals surface area contributed by atoms with E-state index in [1.807, 2.05) is 0 Å². The molecule has 0 radical (unpaired) electrons. The largest absolute Gasteiger partial charge is 0.354 e. The SMILES string of the molecule is CSc1sccc1Nc1ccc2ccccc2c1. The second-order valence-corrected chi connectivity index (χ2v) is 6.00. The second kappa shape index (κ2) is 5.04. The Morgan fingerprint density at radius 3 is 2.67 bits per heavy atom. The highest BCUT2D eigenvalue weighted by molar-refractivity contribution is 8.00. The van der Waals surface area contributed by atoms with Gasteiger partial charge in [-0.15, -0.1) is 23.1 Å². The number of hydrogen-bond donors (Lipinski definition) is 1. The lowest BCUT2D eigenvalue weighted by Crippen LogP contribution is -1.89. The van der Waals surface area contributed by atoms with E-state index in [1.165, 1.54) is 20.7 Å². The van der Waals surface area contributed by atoms with Gasteiger partial charge in [0.05, 0.1) is 9.90 Å². The summed E-state index contributed by atoms with van der Waals surface area (Å²) in [6.07, 6.45) is 2.11. The fourth-order valence-corrected chi connectivity index (χ4v) is 3.43. The summed E-state index contributed by atoms with van der Waals surface area (Å²) in [5.74, 6) is 0. The Kier molecular flexibility index (Phi) is 3.26. The Morgan fingerprint density at radius 1 is 1.00 bits per heavy atom. The Labute approximate surface area is 115 Å². The fraction of sp³-hybridized carbons (Fsp3) is 0.0667. The monoisotopic (exact) mass is 271 g/mol. The molecule has 0 saturated heterocycles. The van der Waals surface area contributed by atoms with Crippen LogP contribution >= 0.6 is 23.1 Å². The predicted octanol–water partition coefficient (Wildman–Crippen LogP) is 5.37. The molecular weight excluding hydrogens is 258 g/mol.